The number of halogens is 1. The molecule has 1 aromatic heterocycles. The van der Waals surface area contributed by atoms with Crippen molar-refractivity contribution < 1.29 is 4.74 Å². The zero-order valence-corrected chi connectivity index (χ0v) is 19.8. The number of hydrogen-bond acceptors (Lipinski definition) is 3. The number of hydrogen-bond donors (Lipinski definition) is 0. The number of unbranched alkanes of at least 4 members (excludes halogenated alkanes) is 9. The van der Waals surface area contributed by atoms with Crippen LogP contribution in [0.15, 0.2) is 35.1 Å². The van der Waals surface area contributed by atoms with Crippen LogP contribution >= 0.6 is 22.9 Å². The Kier molecular flexibility index (Phi) is 9.02. The van der Waals surface area contributed by atoms with Gasteiger partial charge >= 0.3 is 0 Å². The van der Waals surface area contributed by atoms with Crippen molar-refractivity contribution in [3.8, 4) is 5.75 Å². The van der Waals surface area contributed by atoms with Gasteiger partial charge in [-0.25, -0.2) is 0 Å². The molecular formula is C26H33ClO2S. The SMILES string of the molecule is CCCCCCCCCCCCOc1cc(C)c(Cl)c2c(=O)c3ccccc3sc12. The molecule has 0 unspecified atom stereocenters. The lowest BCUT2D eigenvalue weighted by molar-refractivity contribution is 0.308. The number of fused-ring (bicyclic) bond motifs is 2. The van der Waals surface area contributed by atoms with Gasteiger partial charge in [-0.05, 0) is 37.1 Å². The molecule has 3 rings (SSSR count). The maximum Gasteiger partial charge on any atom is 0.197 e. The van der Waals surface area contributed by atoms with Crippen LogP contribution in [0.5, 0.6) is 5.75 Å². The summed E-state index contributed by atoms with van der Waals surface area (Å²) in [6, 6.07) is 9.70. The first-order chi connectivity index (χ1) is 14.6. The Balaban J connectivity index is 1.58. The number of benzene rings is 2. The van der Waals surface area contributed by atoms with E-state index in [0.29, 0.717) is 17.0 Å². The minimum absolute atomic E-state index is 0.00293. The molecule has 0 spiro atoms. The van der Waals surface area contributed by atoms with E-state index in [9.17, 15) is 4.79 Å². The van der Waals surface area contributed by atoms with Crippen molar-refractivity contribution in [2.75, 3.05) is 6.61 Å². The van der Waals surface area contributed by atoms with Crippen LogP contribution in [0.4, 0.5) is 0 Å². The average molecular weight is 445 g/mol. The van der Waals surface area contributed by atoms with E-state index in [4.69, 9.17) is 16.3 Å². The topological polar surface area (TPSA) is 26.3 Å². The van der Waals surface area contributed by atoms with Gasteiger partial charge in [0.15, 0.2) is 5.43 Å². The van der Waals surface area contributed by atoms with Gasteiger partial charge in [-0.1, -0.05) is 88.4 Å². The molecule has 162 valence electrons. The van der Waals surface area contributed by atoms with Crippen LogP contribution < -0.4 is 10.2 Å². The largest absolute Gasteiger partial charge is 0.492 e. The number of aryl methyl sites for hydroxylation is 1. The maximum atomic E-state index is 13.0. The predicted octanol–water partition coefficient (Wildman–Crippen LogP) is 8.68. The summed E-state index contributed by atoms with van der Waals surface area (Å²) in [7, 11) is 0. The van der Waals surface area contributed by atoms with E-state index < -0.39 is 0 Å². The zero-order chi connectivity index (χ0) is 21.3. The van der Waals surface area contributed by atoms with Crippen molar-refractivity contribution >= 4 is 43.1 Å². The van der Waals surface area contributed by atoms with Crippen LogP contribution in [0.3, 0.4) is 0 Å². The molecule has 0 saturated carbocycles. The second kappa shape index (κ2) is 11.7. The first kappa shape index (κ1) is 23.1. The lowest BCUT2D eigenvalue weighted by atomic mass is 10.1. The van der Waals surface area contributed by atoms with Crippen molar-refractivity contribution in [2.24, 2.45) is 0 Å². The second-order valence-corrected chi connectivity index (χ2v) is 9.60. The summed E-state index contributed by atoms with van der Waals surface area (Å²) < 4.78 is 7.98. The van der Waals surface area contributed by atoms with E-state index in [1.807, 2.05) is 37.3 Å². The Labute approximate surface area is 189 Å². The Morgan fingerprint density at radius 2 is 1.57 bits per heavy atom. The minimum Gasteiger partial charge on any atom is -0.492 e. The van der Waals surface area contributed by atoms with Crippen LogP contribution in [0.1, 0.15) is 76.7 Å². The third-order valence-electron chi connectivity index (χ3n) is 5.69. The molecule has 2 aromatic carbocycles. The highest BCUT2D eigenvalue weighted by molar-refractivity contribution is 7.25. The summed E-state index contributed by atoms with van der Waals surface area (Å²) in [5.41, 5.74) is 0.888. The van der Waals surface area contributed by atoms with Crippen molar-refractivity contribution in [1.82, 2.24) is 0 Å². The Morgan fingerprint density at radius 1 is 0.933 bits per heavy atom. The molecule has 0 atom stereocenters. The van der Waals surface area contributed by atoms with Crippen LogP contribution in [0.2, 0.25) is 5.02 Å². The van der Waals surface area contributed by atoms with E-state index in [-0.39, 0.29) is 5.43 Å². The van der Waals surface area contributed by atoms with Crippen LogP contribution in [0, 0.1) is 6.92 Å². The normalized spacial score (nSPS) is 11.4. The quantitative estimate of drug-likeness (QED) is 0.206. The molecule has 0 aliphatic rings. The molecule has 3 aromatic rings. The highest BCUT2D eigenvalue weighted by atomic mass is 35.5. The van der Waals surface area contributed by atoms with E-state index in [2.05, 4.69) is 6.92 Å². The fraction of sp³-hybridized carbons (Fsp3) is 0.500. The summed E-state index contributed by atoms with van der Waals surface area (Å²) >= 11 is 8.12. The van der Waals surface area contributed by atoms with E-state index in [1.165, 1.54) is 57.8 Å². The van der Waals surface area contributed by atoms with E-state index in [0.717, 1.165) is 32.5 Å². The molecule has 0 bridgehead atoms. The molecule has 0 saturated heterocycles. The highest BCUT2D eigenvalue weighted by Crippen LogP contribution is 2.38. The minimum atomic E-state index is -0.00293. The fourth-order valence-corrected chi connectivity index (χ4v) is 5.36. The summed E-state index contributed by atoms with van der Waals surface area (Å²) in [6.45, 7) is 4.88. The van der Waals surface area contributed by atoms with Gasteiger partial charge in [0.1, 0.15) is 5.75 Å². The standard InChI is InChI=1S/C26H33ClO2S/c1-3-4-5-6-7-8-9-10-11-14-17-29-21-18-19(2)24(27)23-25(28)20-15-12-13-16-22(20)30-26(21)23/h12-13,15-16,18H,3-11,14,17H2,1-2H3. The van der Waals surface area contributed by atoms with Crippen molar-refractivity contribution in [1.29, 1.82) is 0 Å². The highest BCUT2D eigenvalue weighted by Gasteiger charge is 2.15. The maximum absolute atomic E-state index is 13.0. The first-order valence-corrected chi connectivity index (χ1v) is 12.6. The Hall–Kier alpha value is -1.58. The van der Waals surface area contributed by atoms with Gasteiger partial charge in [0, 0.05) is 10.1 Å². The molecule has 4 heteroatoms. The van der Waals surface area contributed by atoms with Gasteiger partial charge in [0.2, 0.25) is 0 Å². The molecule has 0 aliphatic heterocycles. The lowest BCUT2D eigenvalue weighted by Crippen LogP contribution is -2.05. The van der Waals surface area contributed by atoms with Gasteiger partial charge < -0.3 is 4.74 Å². The number of ether oxygens (including phenoxy) is 1. The van der Waals surface area contributed by atoms with Crippen LogP contribution in [-0.2, 0) is 0 Å². The summed E-state index contributed by atoms with van der Waals surface area (Å²) in [6.07, 6.45) is 13.0. The molecule has 0 amide bonds. The molecule has 0 N–H and O–H groups in total. The van der Waals surface area contributed by atoms with Gasteiger partial charge in [-0.3, -0.25) is 4.79 Å². The Bertz CT molecular complexity index is 1020. The second-order valence-electron chi connectivity index (χ2n) is 8.17. The van der Waals surface area contributed by atoms with E-state index >= 15 is 0 Å². The molecule has 2 nitrogen and oxygen atoms in total. The Morgan fingerprint density at radius 3 is 2.27 bits per heavy atom. The molecular weight excluding hydrogens is 412 g/mol. The van der Waals surface area contributed by atoms with Crippen LogP contribution in [0.25, 0.3) is 20.2 Å². The van der Waals surface area contributed by atoms with Gasteiger partial charge in [0.05, 0.1) is 21.7 Å². The van der Waals surface area contributed by atoms with E-state index in [1.54, 1.807) is 11.3 Å². The molecule has 0 radical (unpaired) electrons. The monoisotopic (exact) mass is 444 g/mol. The molecule has 0 fully saturated rings. The third kappa shape index (κ3) is 5.76. The van der Waals surface area contributed by atoms with Gasteiger partial charge in [0.25, 0.3) is 0 Å². The van der Waals surface area contributed by atoms with Crippen molar-refractivity contribution in [3.63, 3.8) is 0 Å². The molecule has 0 aliphatic carbocycles. The van der Waals surface area contributed by atoms with Crippen molar-refractivity contribution in [3.05, 3.63) is 51.1 Å². The molecule has 1 heterocycles. The number of rotatable bonds is 12. The zero-order valence-electron chi connectivity index (χ0n) is 18.3. The first-order valence-electron chi connectivity index (χ1n) is 11.4. The van der Waals surface area contributed by atoms with Crippen LogP contribution in [-0.4, -0.2) is 6.61 Å². The summed E-state index contributed by atoms with van der Waals surface area (Å²) in [5.74, 6) is 0.788. The van der Waals surface area contributed by atoms with Crippen molar-refractivity contribution in [2.45, 2.75) is 78.1 Å². The van der Waals surface area contributed by atoms with Gasteiger partial charge in [-0.15, -0.1) is 11.3 Å². The van der Waals surface area contributed by atoms with Gasteiger partial charge in [-0.2, -0.15) is 0 Å². The molecule has 30 heavy (non-hydrogen) atoms. The lowest BCUT2D eigenvalue weighted by Gasteiger charge is -2.12. The fourth-order valence-electron chi connectivity index (χ4n) is 3.92. The smallest absolute Gasteiger partial charge is 0.197 e. The predicted molar refractivity (Wildman–Crippen MR) is 133 cm³/mol. The summed E-state index contributed by atoms with van der Waals surface area (Å²) in [4.78, 5) is 13.0. The summed E-state index contributed by atoms with van der Waals surface area (Å²) in [5, 5.41) is 1.87. The average Bonchev–Trinajstić information content (AvgIpc) is 2.75. The third-order valence-corrected chi connectivity index (χ3v) is 7.36.